The van der Waals surface area contributed by atoms with Crippen LogP contribution in [0.4, 0.5) is 5.82 Å². The number of hydrogen-bond donors (Lipinski definition) is 1. The van der Waals surface area contributed by atoms with Gasteiger partial charge in [0.05, 0.1) is 12.3 Å². The van der Waals surface area contributed by atoms with Crippen molar-refractivity contribution in [2.45, 2.75) is 20.0 Å². The highest BCUT2D eigenvalue weighted by Crippen LogP contribution is 2.24. The first-order chi connectivity index (χ1) is 8.79. The van der Waals surface area contributed by atoms with Crippen molar-refractivity contribution in [3.05, 3.63) is 41.7 Å². The van der Waals surface area contributed by atoms with E-state index in [4.69, 9.17) is 0 Å². The van der Waals surface area contributed by atoms with Gasteiger partial charge in [-0.25, -0.2) is 4.98 Å². The van der Waals surface area contributed by atoms with E-state index >= 15 is 0 Å². The first-order valence-corrected chi connectivity index (χ1v) is 6.27. The molecule has 0 atom stereocenters. The average molecular weight is 243 g/mol. The Balaban J connectivity index is 2.06. The Morgan fingerprint density at radius 3 is 3.00 bits per heavy atom. The van der Waals surface area contributed by atoms with E-state index in [1.165, 1.54) is 5.57 Å². The molecule has 0 bridgehead atoms. The fourth-order valence-electron chi connectivity index (χ4n) is 2.40. The predicted molar refractivity (Wildman–Crippen MR) is 71.7 cm³/mol. The van der Waals surface area contributed by atoms with E-state index in [-0.39, 0.29) is 6.61 Å². The van der Waals surface area contributed by atoms with Crippen LogP contribution in [0.25, 0.3) is 5.65 Å². The van der Waals surface area contributed by atoms with Gasteiger partial charge in [0.25, 0.3) is 0 Å². The number of hydrogen-bond acceptors (Lipinski definition) is 3. The Labute approximate surface area is 106 Å². The van der Waals surface area contributed by atoms with Crippen LogP contribution < -0.4 is 4.90 Å². The summed E-state index contributed by atoms with van der Waals surface area (Å²) in [5.74, 6) is 0.910. The summed E-state index contributed by atoms with van der Waals surface area (Å²) in [5, 5.41) is 9.59. The predicted octanol–water partition coefficient (Wildman–Crippen LogP) is 1.98. The molecule has 0 fully saturated rings. The van der Waals surface area contributed by atoms with Gasteiger partial charge in [0.1, 0.15) is 5.65 Å². The highest BCUT2D eigenvalue weighted by molar-refractivity contribution is 5.56. The summed E-state index contributed by atoms with van der Waals surface area (Å²) in [4.78, 5) is 6.86. The Hall–Kier alpha value is -1.81. The quantitative estimate of drug-likeness (QED) is 0.820. The van der Waals surface area contributed by atoms with Gasteiger partial charge >= 0.3 is 0 Å². The number of aromatic nitrogens is 2. The number of rotatable bonds is 2. The van der Waals surface area contributed by atoms with Crippen LogP contribution in [0.3, 0.4) is 0 Å². The van der Waals surface area contributed by atoms with Crippen LogP contribution in [0.1, 0.15) is 19.0 Å². The smallest absolute Gasteiger partial charge is 0.153 e. The van der Waals surface area contributed by atoms with Crippen molar-refractivity contribution in [3.8, 4) is 0 Å². The van der Waals surface area contributed by atoms with Crippen molar-refractivity contribution in [1.29, 1.82) is 0 Å². The van der Waals surface area contributed by atoms with E-state index < -0.39 is 0 Å². The molecule has 4 heteroatoms. The van der Waals surface area contributed by atoms with Crippen LogP contribution in [0.2, 0.25) is 0 Å². The zero-order valence-electron chi connectivity index (χ0n) is 10.5. The lowest BCUT2D eigenvalue weighted by atomic mass is 10.1. The van der Waals surface area contributed by atoms with E-state index in [0.717, 1.165) is 36.7 Å². The normalized spacial score (nSPS) is 16.1. The first kappa shape index (κ1) is 11.3. The van der Waals surface area contributed by atoms with Gasteiger partial charge < -0.3 is 10.0 Å². The Kier molecular flexibility index (Phi) is 2.80. The standard InChI is InChI=1S/C14H17N3O/c1-11-5-8-16(9-6-11)14-12(10-18)17-7-3-2-4-13(17)15-14/h2-5,7,18H,6,8-10H2,1H3. The third kappa shape index (κ3) is 1.78. The summed E-state index contributed by atoms with van der Waals surface area (Å²) in [6.45, 7) is 4.02. The van der Waals surface area contributed by atoms with Gasteiger partial charge in [0.2, 0.25) is 0 Å². The molecule has 2 aromatic rings. The van der Waals surface area contributed by atoms with Gasteiger partial charge in [-0.1, -0.05) is 17.7 Å². The molecule has 0 radical (unpaired) electrons. The van der Waals surface area contributed by atoms with Crippen LogP contribution in [-0.4, -0.2) is 27.6 Å². The van der Waals surface area contributed by atoms with Gasteiger partial charge in [-0.05, 0) is 25.5 Å². The number of anilines is 1. The molecular weight excluding hydrogens is 226 g/mol. The molecular formula is C14H17N3O. The van der Waals surface area contributed by atoms with Crippen LogP contribution in [0.5, 0.6) is 0 Å². The molecule has 0 aliphatic carbocycles. The van der Waals surface area contributed by atoms with Crippen LogP contribution in [0.15, 0.2) is 36.0 Å². The second kappa shape index (κ2) is 4.46. The summed E-state index contributed by atoms with van der Waals surface area (Å²) in [6.07, 6.45) is 5.25. The molecule has 0 amide bonds. The maximum atomic E-state index is 9.59. The number of aliphatic hydroxyl groups excluding tert-OH is 1. The van der Waals surface area contributed by atoms with Crippen molar-refractivity contribution in [2.75, 3.05) is 18.0 Å². The Morgan fingerprint density at radius 2 is 2.28 bits per heavy atom. The number of nitrogens with zero attached hydrogens (tertiary/aromatic N) is 3. The zero-order valence-corrected chi connectivity index (χ0v) is 10.5. The van der Waals surface area contributed by atoms with Crippen molar-refractivity contribution in [1.82, 2.24) is 9.38 Å². The lowest BCUT2D eigenvalue weighted by molar-refractivity contribution is 0.276. The molecule has 1 aliphatic rings. The summed E-state index contributed by atoms with van der Waals surface area (Å²) in [5.41, 5.74) is 3.20. The average Bonchev–Trinajstić information content (AvgIpc) is 2.78. The lowest BCUT2D eigenvalue weighted by Gasteiger charge is -2.26. The zero-order chi connectivity index (χ0) is 12.5. The van der Waals surface area contributed by atoms with E-state index in [1.807, 2.05) is 28.8 Å². The molecule has 18 heavy (non-hydrogen) atoms. The van der Waals surface area contributed by atoms with Crippen molar-refractivity contribution < 1.29 is 5.11 Å². The molecule has 3 rings (SSSR count). The lowest BCUT2D eigenvalue weighted by Crippen LogP contribution is -2.29. The van der Waals surface area contributed by atoms with Crippen molar-refractivity contribution in [3.63, 3.8) is 0 Å². The highest BCUT2D eigenvalue weighted by atomic mass is 16.3. The van der Waals surface area contributed by atoms with E-state index in [2.05, 4.69) is 22.9 Å². The monoisotopic (exact) mass is 243 g/mol. The summed E-state index contributed by atoms with van der Waals surface area (Å²) >= 11 is 0. The molecule has 0 saturated carbocycles. The maximum Gasteiger partial charge on any atom is 0.153 e. The van der Waals surface area contributed by atoms with Gasteiger partial charge in [0, 0.05) is 19.3 Å². The largest absolute Gasteiger partial charge is 0.390 e. The van der Waals surface area contributed by atoms with Gasteiger partial charge in [-0.3, -0.25) is 4.40 Å². The van der Waals surface area contributed by atoms with Crippen LogP contribution >= 0.6 is 0 Å². The molecule has 0 saturated heterocycles. The molecule has 94 valence electrons. The number of fused-ring (bicyclic) bond motifs is 1. The molecule has 2 aromatic heterocycles. The van der Waals surface area contributed by atoms with Crippen molar-refractivity contribution in [2.24, 2.45) is 0 Å². The minimum Gasteiger partial charge on any atom is -0.390 e. The second-order valence-corrected chi connectivity index (χ2v) is 4.72. The SMILES string of the molecule is CC1=CCN(c2nc3ccccn3c2CO)CC1. The summed E-state index contributed by atoms with van der Waals surface area (Å²) in [7, 11) is 0. The molecule has 3 heterocycles. The number of aliphatic hydroxyl groups is 1. The number of imidazole rings is 1. The number of pyridine rings is 1. The van der Waals surface area contributed by atoms with E-state index in [1.54, 1.807) is 0 Å². The topological polar surface area (TPSA) is 40.8 Å². The highest BCUT2D eigenvalue weighted by Gasteiger charge is 2.18. The van der Waals surface area contributed by atoms with Crippen LogP contribution in [-0.2, 0) is 6.61 Å². The van der Waals surface area contributed by atoms with E-state index in [0.29, 0.717) is 0 Å². The fourth-order valence-corrected chi connectivity index (χ4v) is 2.40. The molecule has 0 spiro atoms. The minimum absolute atomic E-state index is 0.0136. The van der Waals surface area contributed by atoms with Gasteiger partial charge in [0.15, 0.2) is 5.82 Å². The second-order valence-electron chi connectivity index (χ2n) is 4.72. The molecule has 0 unspecified atom stereocenters. The Morgan fingerprint density at radius 1 is 1.39 bits per heavy atom. The van der Waals surface area contributed by atoms with Crippen molar-refractivity contribution >= 4 is 11.5 Å². The first-order valence-electron chi connectivity index (χ1n) is 6.27. The van der Waals surface area contributed by atoms with Gasteiger partial charge in [-0.2, -0.15) is 0 Å². The summed E-state index contributed by atoms with van der Waals surface area (Å²) < 4.78 is 1.96. The molecule has 0 aromatic carbocycles. The Bertz CT molecular complexity index is 600. The van der Waals surface area contributed by atoms with Gasteiger partial charge in [-0.15, -0.1) is 0 Å². The fraction of sp³-hybridized carbons (Fsp3) is 0.357. The summed E-state index contributed by atoms with van der Waals surface area (Å²) in [6, 6.07) is 5.89. The minimum atomic E-state index is 0.0136. The van der Waals surface area contributed by atoms with Crippen LogP contribution in [0, 0.1) is 0 Å². The third-order valence-electron chi connectivity index (χ3n) is 3.49. The molecule has 1 N–H and O–H groups in total. The van der Waals surface area contributed by atoms with E-state index in [9.17, 15) is 5.11 Å². The maximum absolute atomic E-state index is 9.59. The molecule has 4 nitrogen and oxygen atoms in total. The third-order valence-corrected chi connectivity index (χ3v) is 3.49. The molecule has 1 aliphatic heterocycles.